The van der Waals surface area contributed by atoms with Crippen LogP contribution in [-0.4, -0.2) is 85.4 Å². The number of hydrogen-bond acceptors (Lipinski definition) is 7. The Hall–Kier alpha value is -1.92. The van der Waals surface area contributed by atoms with E-state index < -0.39 is 0 Å². The van der Waals surface area contributed by atoms with Crippen molar-refractivity contribution in [1.29, 1.82) is 0 Å². The summed E-state index contributed by atoms with van der Waals surface area (Å²) in [6.07, 6.45) is 3.51. The standard InChI is InChI=1S/C20H29N7O2.HI/c1-21-20(27-7-5-25(6-8-27)16-18-3-11-29-24-18)23-15-17-2-4-22-19(14-17)26-9-12-28-13-10-26;/h2-4,11,14H,5-10,12-13,15-16H2,1H3,(H,21,23);1H. The average molecular weight is 527 g/mol. The lowest BCUT2D eigenvalue weighted by molar-refractivity contribution is 0.122. The summed E-state index contributed by atoms with van der Waals surface area (Å²) in [6.45, 7) is 8.70. The third kappa shape index (κ3) is 6.05. The number of halogens is 1. The quantitative estimate of drug-likeness (QED) is 0.356. The molecule has 2 aromatic heterocycles. The van der Waals surface area contributed by atoms with Gasteiger partial charge in [-0.1, -0.05) is 5.16 Å². The number of nitrogens with one attached hydrogen (secondary N) is 1. The fourth-order valence-electron chi connectivity index (χ4n) is 3.72. The van der Waals surface area contributed by atoms with Crippen molar-refractivity contribution in [3.63, 3.8) is 0 Å². The van der Waals surface area contributed by atoms with Gasteiger partial charge in [-0.05, 0) is 17.7 Å². The number of aliphatic imine (C=N–C) groups is 1. The number of rotatable bonds is 5. The van der Waals surface area contributed by atoms with Crippen LogP contribution in [-0.2, 0) is 17.8 Å². The first-order chi connectivity index (χ1) is 14.3. The summed E-state index contributed by atoms with van der Waals surface area (Å²) < 4.78 is 10.4. The van der Waals surface area contributed by atoms with Gasteiger partial charge < -0.3 is 24.4 Å². The van der Waals surface area contributed by atoms with Gasteiger partial charge in [-0.25, -0.2) is 4.98 Å². The van der Waals surface area contributed by atoms with Crippen LogP contribution in [0.25, 0.3) is 0 Å². The van der Waals surface area contributed by atoms with Crippen LogP contribution >= 0.6 is 24.0 Å². The van der Waals surface area contributed by atoms with Crippen molar-refractivity contribution in [2.75, 3.05) is 64.4 Å². The summed E-state index contributed by atoms with van der Waals surface area (Å²) in [6, 6.07) is 6.13. The van der Waals surface area contributed by atoms with Crippen LogP contribution < -0.4 is 10.2 Å². The Morgan fingerprint density at radius 1 is 1.13 bits per heavy atom. The molecule has 2 saturated heterocycles. The normalized spacial score (nSPS) is 18.2. The Kier molecular flexibility index (Phi) is 8.70. The zero-order valence-corrected chi connectivity index (χ0v) is 19.7. The average Bonchev–Trinajstić information content (AvgIpc) is 3.29. The first-order valence-electron chi connectivity index (χ1n) is 10.2. The molecule has 2 aromatic rings. The Morgan fingerprint density at radius 2 is 1.93 bits per heavy atom. The second-order valence-electron chi connectivity index (χ2n) is 7.28. The van der Waals surface area contributed by atoms with Crippen molar-refractivity contribution in [3.8, 4) is 0 Å². The maximum absolute atomic E-state index is 5.43. The second kappa shape index (κ2) is 11.5. The molecule has 4 rings (SSSR count). The molecule has 164 valence electrons. The minimum absolute atomic E-state index is 0. The van der Waals surface area contributed by atoms with Crippen molar-refractivity contribution in [2.45, 2.75) is 13.1 Å². The van der Waals surface area contributed by atoms with E-state index in [0.717, 1.165) is 83.0 Å². The molecule has 0 bridgehead atoms. The third-order valence-electron chi connectivity index (χ3n) is 5.36. The summed E-state index contributed by atoms with van der Waals surface area (Å²) in [7, 11) is 1.84. The van der Waals surface area contributed by atoms with E-state index in [1.807, 2.05) is 19.3 Å². The predicted molar refractivity (Wildman–Crippen MR) is 126 cm³/mol. The van der Waals surface area contributed by atoms with E-state index in [4.69, 9.17) is 9.26 Å². The fourth-order valence-corrected chi connectivity index (χ4v) is 3.72. The highest BCUT2D eigenvalue weighted by Crippen LogP contribution is 2.14. The van der Waals surface area contributed by atoms with Gasteiger partial charge in [0.1, 0.15) is 12.1 Å². The number of pyridine rings is 1. The van der Waals surface area contributed by atoms with Crippen LogP contribution in [0.3, 0.4) is 0 Å². The number of ether oxygens (including phenoxy) is 1. The zero-order chi connectivity index (χ0) is 19.9. The monoisotopic (exact) mass is 527 g/mol. The number of piperazine rings is 1. The van der Waals surface area contributed by atoms with Crippen LogP contribution in [0.2, 0.25) is 0 Å². The van der Waals surface area contributed by atoms with Crippen molar-refractivity contribution < 1.29 is 9.26 Å². The number of guanidine groups is 1. The lowest BCUT2D eigenvalue weighted by Crippen LogP contribution is -2.52. The van der Waals surface area contributed by atoms with Crippen molar-refractivity contribution in [1.82, 2.24) is 25.3 Å². The number of aromatic nitrogens is 2. The lowest BCUT2D eigenvalue weighted by Gasteiger charge is -2.36. The molecule has 4 heterocycles. The maximum atomic E-state index is 5.43. The van der Waals surface area contributed by atoms with Gasteiger partial charge in [-0.3, -0.25) is 9.89 Å². The molecule has 0 aromatic carbocycles. The maximum Gasteiger partial charge on any atom is 0.194 e. The molecule has 2 aliphatic heterocycles. The zero-order valence-electron chi connectivity index (χ0n) is 17.4. The molecule has 0 unspecified atom stereocenters. The highest BCUT2D eigenvalue weighted by Gasteiger charge is 2.20. The van der Waals surface area contributed by atoms with Gasteiger partial charge in [0.2, 0.25) is 0 Å². The van der Waals surface area contributed by atoms with E-state index in [0.29, 0.717) is 0 Å². The number of nitrogens with zero attached hydrogens (tertiary/aromatic N) is 6. The molecule has 2 aliphatic rings. The number of morpholine rings is 1. The van der Waals surface area contributed by atoms with E-state index in [1.165, 1.54) is 5.56 Å². The summed E-state index contributed by atoms with van der Waals surface area (Å²) in [4.78, 5) is 16.0. The van der Waals surface area contributed by atoms with Crippen LogP contribution in [0.5, 0.6) is 0 Å². The molecule has 0 atom stereocenters. The highest BCUT2D eigenvalue weighted by molar-refractivity contribution is 14.0. The SMILES string of the molecule is CN=C(NCc1ccnc(N2CCOCC2)c1)N1CCN(Cc2ccon2)CC1.I. The first kappa shape index (κ1) is 22.8. The lowest BCUT2D eigenvalue weighted by atomic mass is 10.2. The van der Waals surface area contributed by atoms with Gasteiger partial charge in [0, 0.05) is 71.7 Å². The Morgan fingerprint density at radius 3 is 2.63 bits per heavy atom. The topological polar surface area (TPSA) is 82.3 Å². The van der Waals surface area contributed by atoms with Crippen molar-refractivity contribution in [3.05, 3.63) is 41.9 Å². The van der Waals surface area contributed by atoms with Crippen LogP contribution in [0.4, 0.5) is 5.82 Å². The van der Waals surface area contributed by atoms with Gasteiger partial charge in [-0.2, -0.15) is 0 Å². The molecule has 0 spiro atoms. The van der Waals surface area contributed by atoms with Crippen molar-refractivity contribution in [2.24, 2.45) is 4.99 Å². The van der Waals surface area contributed by atoms with Crippen LogP contribution in [0.15, 0.2) is 40.2 Å². The first-order valence-corrected chi connectivity index (χ1v) is 10.2. The summed E-state index contributed by atoms with van der Waals surface area (Å²) in [5.41, 5.74) is 2.18. The summed E-state index contributed by atoms with van der Waals surface area (Å²) >= 11 is 0. The number of hydrogen-bond donors (Lipinski definition) is 1. The van der Waals surface area contributed by atoms with E-state index in [9.17, 15) is 0 Å². The molecule has 30 heavy (non-hydrogen) atoms. The molecule has 1 N–H and O–H groups in total. The van der Waals surface area contributed by atoms with Gasteiger partial charge in [0.05, 0.1) is 18.9 Å². The fraction of sp³-hybridized carbons (Fsp3) is 0.550. The molecule has 0 radical (unpaired) electrons. The summed E-state index contributed by atoms with van der Waals surface area (Å²) in [5, 5.41) is 7.51. The highest BCUT2D eigenvalue weighted by atomic mass is 127. The number of anilines is 1. The Bertz CT molecular complexity index is 788. The molecule has 0 aliphatic carbocycles. The smallest absolute Gasteiger partial charge is 0.194 e. The molecule has 0 amide bonds. The molecule has 9 nitrogen and oxygen atoms in total. The molecule has 0 saturated carbocycles. The second-order valence-corrected chi connectivity index (χ2v) is 7.28. The van der Waals surface area contributed by atoms with Gasteiger partial charge in [0.25, 0.3) is 0 Å². The van der Waals surface area contributed by atoms with Crippen molar-refractivity contribution >= 4 is 35.8 Å². The van der Waals surface area contributed by atoms with Gasteiger partial charge in [-0.15, -0.1) is 24.0 Å². The third-order valence-corrected chi connectivity index (χ3v) is 5.36. The molecule has 2 fully saturated rings. The minimum Gasteiger partial charge on any atom is -0.378 e. The van der Waals surface area contributed by atoms with Crippen LogP contribution in [0, 0.1) is 0 Å². The molecular formula is C20H30IN7O2. The van der Waals surface area contributed by atoms with E-state index in [1.54, 1.807) is 6.26 Å². The molecule has 10 heteroatoms. The molecular weight excluding hydrogens is 497 g/mol. The summed E-state index contributed by atoms with van der Waals surface area (Å²) in [5.74, 6) is 1.96. The Balaban J connectivity index is 0.00000256. The van der Waals surface area contributed by atoms with Crippen LogP contribution in [0.1, 0.15) is 11.3 Å². The van der Waals surface area contributed by atoms with Gasteiger partial charge in [0.15, 0.2) is 5.96 Å². The Labute approximate surface area is 194 Å². The van der Waals surface area contributed by atoms with E-state index >= 15 is 0 Å². The van der Waals surface area contributed by atoms with Gasteiger partial charge >= 0.3 is 0 Å². The van der Waals surface area contributed by atoms with E-state index in [-0.39, 0.29) is 24.0 Å². The predicted octanol–water partition coefficient (Wildman–Crippen LogP) is 1.42. The minimum atomic E-state index is 0. The largest absolute Gasteiger partial charge is 0.378 e. The van der Waals surface area contributed by atoms with E-state index in [2.05, 4.69) is 47.3 Å².